The number of rotatable bonds is 1. The standard InChI is InChI=1S/C22H13Cl2N/c23-16-7-6-14-11-20-19-9-8-17(24)13-22(19)25(18-4-2-1-3-5-18)21(20)12-15(14)10-16/h1-13H/i1D,2D,3D,4D,5D. The molecular formula is C22H13Cl2N. The predicted molar refractivity (Wildman–Crippen MR) is 108 cm³/mol. The Bertz CT molecular complexity index is 1490. The van der Waals surface area contributed by atoms with Gasteiger partial charge in [0.1, 0.15) is 0 Å². The molecule has 0 radical (unpaired) electrons. The number of fused-ring (bicyclic) bond motifs is 4. The van der Waals surface area contributed by atoms with Crippen LogP contribution in [0.3, 0.4) is 0 Å². The second kappa shape index (κ2) is 5.52. The van der Waals surface area contributed by atoms with Crippen LogP contribution in [0.1, 0.15) is 6.85 Å². The van der Waals surface area contributed by atoms with Crippen molar-refractivity contribution in [3.63, 3.8) is 0 Å². The second-order valence-electron chi connectivity index (χ2n) is 5.83. The Kier molecular flexibility index (Phi) is 2.32. The van der Waals surface area contributed by atoms with Gasteiger partial charge in [0, 0.05) is 26.5 Å². The Morgan fingerprint density at radius 2 is 1.40 bits per heavy atom. The minimum atomic E-state index is -0.426. The highest BCUT2D eigenvalue weighted by molar-refractivity contribution is 6.32. The van der Waals surface area contributed by atoms with E-state index < -0.39 is 6.04 Å². The highest BCUT2D eigenvalue weighted by Gasteiger charge is 2.13. The van der Waals surface area contributed by atoms with Gasteiger partial charge >= 0.3 is 0 Å². The van der Waals surface area contributed by atoms with Crippen molar-refractivity contribution >= 4 is 55.8 Å². The fraction of sp³-hybridized carbons (Fsp3) is 0. The minimum Gasteiger partial charge on any atom is -0.309 e. The van der Waals surface area contributed by atoms with Gasteiger partial charge in [0.15, 0.2) is 0 Å². The first-order chi connectivity index (χ1) is 14.3. The molecule has 0 aliphatic heterocycles. The third-order valence-electron chi connectivity index (χ3n) is 4.36. The average molecular weight is 367 g/mol. The molecule has 0 aliphatic rings. The molecule has 1 nitrogen and oxygen atoms in total. The fourth-order valence-corrected chi connectivity index (χ4v) is 3.65. The van der Waals surface area contributed by atoms with E-state index in [1.807, 2.05) is 36.4 Å². The molecule has 0 spiro atoms. The van der Waals surface area contributed by atoms with Gasteiger partial charge in [-0.05, 0) is 59.3 Å². The van der Waals surface area contributed by atoms with Crippen LogP contribution in [0.4, 0.5) is 0 Å². The molecular weight excluding hydrogens is 349 g/mol. The van der Waals surface area contributed by atoms with Crippen LogP contribution < -0.4 is 0 Å². The van der Waals surface area contributed by atoms with Gasteiger partial charge in [0.05, 0.1) is 17.9 Å². The Morgan fingerprint density at radius 1 is 0.680 bits per heavy atom. The monoisotopic (exact) mass is 366 g/mol. The molecule has 0 saturated carbocycles. The zero-order valence-electron chi connectivity index (χ0n) is 17.8. The van der Waals surface area contributed by atoms with Crippen molar-refractivity contribution in [2.24, 2.45) is 0 Å². The van der Waals surface area contributed by atoms with E-state index in [0.717, 1.165) is 21.5 Å². The number of para-hydroxylation sites is 1. The zero-order chi connectivity index (χ0) is 21.3. The lowest BCUT2D eigenvalue weighted by atomic mass is 10.1. The van der Waals surface area contributed by atoms with E-state index in [9.17, 15) is 0 Å². The van der Waals surface area contributed by atoms with Crippen LogP contribution in [0.5, 0.6) is 0 Å². The summed E-state index contributed by atoms with van der Waals surface area (Å²) in [7, 11) is 0. The Morgan fingerprint density at radius 3 is 2.24 bits per heavy atom. The minimum absolute atomic E-state index is 0.0876. The van der Waals surface area contributed by atoms with Crippen LogP contribution in [0.15, 0.2) is 78.7 Å². The quantitative estimate of drug-likeness (QED) is 0.294. The molecule has 0 bridgehead atoms. The number of hydrogen-bond acceptors (Lipinski definition) is 0. The third-order valence-corrected chi connectivity index (χ3v) is 4.83. The van der Waals surface area contributed by atoms with Crippen molar-refractivity contribution in [3.8, 4) is 5.69 Å². The lowest BCUT2D eigenvalue weighted by molar-refractivity contribution is 1.18. The van der Waals surface area contributed by atoms with Crippen molar-refractivity contribution in [2.45, 2.75) is 0 Å². The molecule has 5 rings (SSSR count). The number of nitrogens with zero attached hydrogens (tertiary/aromatic N) is 1. The van der Waals surface area contributed by atoms with Crippen molar-refractivity contribution in [1.82, 2.24) is 4.57 Å². The summed E-state index contributed by atoms with van der Waals surface area (Å²) in [6, 6.07) is 13.2. The molecule has 1 heterocycles. The van der Waals surface area contributed by atoms with Crippen LogP contribution in [-0.4, -0.2) is 4.57 Å². The summed E-state index contributed by atoms with van der Waals surface area (Å²) in [6.45, 7) is 0. The van der Waals surface area contributed by atoms with Gasteiger partial charge in [-0.25, -0.2) is 0 Å². The Labute approximate surface area is 162 Å². The first kappa shape index (κ1) is 10.5. The molecule has 3 heteroatoms. The van der Waals surface area contributed by atoms with E-state index in [-0.39, 0.29) is 29.9 Å². The lowest BCUT2D eigenvalue weighted by Crippen LogP contribution is -1.93. The fourth-order valence-electron chi connectivity index (χ4n) is 3.30. The molecule has 4 aromatic carbocycles. The normalized spacial score (nSPS) is 14.4. The van der Waals surface area contributed by atoms with Crippen molar-refractivity contribution in [2.75, 3.05) is 0 Å². The molecule has 0 N–H and O–H groups in total. The molecule has 120 valence electrons. The summed E-state index contributed by atoms with van der Waals surface area (Å²) in [6.07, 6.45) is 0. The van der Waals surface area contributed by atoms with Crippen molar-refractivity contribution in [1.29, 1.82) is 0 Å². The van der Waals surface area contributed by atoms with Crippen LogP contribution in [0.25, 0.3) is 38.3 Å². The number of hydrogen-bond donors (Lipinski definition) is 0. The van der Waals surface area contributed by atoms with Crippen molar-refractivity contribution < 1.29 is 6.85 Å². The molecule has 0 unspecified atom stereocenters. The van der Waals surface area contributed by atoms with E-state index in [2.05, 4.69) is 0 Å². The van der Waals surface area contributed by atoms with E-state index in [1.165, 1.54) is 0 Å². The van der Waals surface area contributed by atoms with Crippen LogP contribution in [0, 0.1) is 0 Å². The lowest BCUT2D eigenvalue weighted by Gasteiger charge is -2.08. The summed E-state index contributed by atoms with van der Waals surface area (Å²) in [5.41, 5.74) is 1.46. The van der Waals surface area contributed by atoms with Gasteiger partial charge in [-0.15, -0.1) is 0 Å². The number of aromatic nitrogens is 1. The van der Waals surface area contributed by atoms with Gasteiger partial charge in [-0.2, -0.15) is 0 Å². The molecule has 1 aromatic heterocycles. The summed E-state index contributed by atoms with van der Waals surface area (Å²) >= 11 is 12.5. The summed E-state index contributed by atoms with van der Waals surface area (Å²) in [5.74, 6) is 0. The van der Waals surface area contributed by atoms with Crippen molar-refractivity contribution in [3.05, 3.63) is 88.8 Å². The Hall–Kier alpha value is -2.48. The highest BCUT2D eigenvalue weighted by Crippen LogP contribution is 2.36. The molecule has 0 amide bonds. The number of benzene rings is 4. The SMILES string of the molecule is [2H]c1c([2H])c([2H])c(-n2c3cc(Cl)ccc3c3cc4ccc(Cl)cc4cc32)c([2H])c1[2H]. The largest absolute Gasteiger partial charge is 0.309 e. The zero-order valence-corrected chi connectivity index (χ0v) is 14.3. The van der Waals surface area contributed by atoms with Gasteiger partial charge in [0.25, 0.3) is 0 Å². The maximum absolute atomic E-state index is 8.47. The Balaban J connectivity index is 2.05. The number of halogens is 2. The van der Waals surface area contributed by atoms with E-state index in [4.69, 9.17) is 30.1 Å². The van der Waals surface area contributed by atoms with Gasteiger partial charge in [-0.1, -0.05) is 53.5 Å². The van der Waals surface area contributed by atoms with Gasteiger partial charge < -0.3 is 4.57 Å². The third kappa shape index (κ3) is 2.31. The summed E-state index contributed by atoms with van der Waals surface area (Å²) in [5, 5.41) is 4.72. The molecule has 25 heavy (non-hydrogen) atoms. The van der Waals surface area contributed by atoms with Crippen LogP contribution in [0.2, 0.25) is 10.0 Å². The smallest absolute Gasteiger partial charge is 0.0645 e. The predicted octanol–water partition coefficient (Wildman–Crippen LogP) is 7.24. The highest BCUT2D eigenvalue weighted by atomic mass is 35.5. The van der Waals surface area contributed by atoms with Crippen LogP contribution in [-0.2, 0) is 0 Å². The maximum atomic E-state index is 8.47. The first-order valence-corrected chi connectivity index (χ1v) is 8.44. The summed E-state index contributed by atoms with van der Waals surface area (Å²) < 4.78 is 42.7. The van der Waals surface area contributed by atoms with E-state index in [0.29, 0.717) is 21.1 Å². The van der Waals surface area contributed by atoms with E-state index in [1.54, 1.807) is 16.7 Å². The molecule has 0 fully saturated rings. The van der Waals surface area contributed by atoms with Gasteiger partial charge in [0.2, 0.25) is 0 Å². The molecule has 0 atom stereocenters. The first-order valence-electron chi connectivity index (χ1n) is 10.2. The molecule has 5 aromatic rings. The van der Waals surface area contributed by atoms with E-state index >= 15 is 0 Å². The molecule has 0 saturated heterocycles. The average Bonchev–Trinajstić information content (AvgIpc) is 3.02. The second-order valence-corrected chi connectivity index (χ2v) is 6.70. The topological polar surface area (TPSA) is 4.93 Å². The maximum Gasteiger partial charge on any atom is 0.0645 e. The van der Waals surface area contributed by atoms with Crippen LogP contribution >= 0.6 is 23.2 Å². The van der Waals surface area contributed by atoms with Gasteiger partial charge in [-0.3, -0.25) is 0 Å². The molecule has 0 aliphatic carbocycles. The summed E-state index contributed by atoms with van der Waals surface area (Å²) in [4.78, 5) is 0.